The van der Waals surface area contributed by atoms with E-state index in [1.54, 1.807) is 40.1 Å². The van der Waals surface area contributed by atoms with Crippen molar-refractivity contribution in [2.75, 3.05) is 45.2 Å². The molecule has 12 heteroatoms. The Morgan fingerprint density at radius 2 is 1.96 bits per heavy atom. The molecule has 10 nitrogen and oxygen atoms in total. The second-order valence-corrected chi connectivity index (χ2v) is 16.0. The average Bonchev–Trinajstić information content (AvgIpc) is 3.13. The van der Waals surface area contributed by atoms with Gasteiger partial charge in [-0.3, -0.25) is 4.79 Å². The van der Waals surface area contributed by atoms with Crippen molar-refractivity contribution in [1.29, 1.82) is 0 Å². The van der Waals surface area contributed by atoms with Gasteiger partial charge < -0.3 is 24.6 Å². The maximum atomic E-state index is 13.6. The molecule has 2 amide bonds. The number of sulfonamides is 1. The smallest absolute Gasteiger partial charge is 0.409 e. The third kappa shape index (κ3) is 6.33. The number of anilines is 1. The summed E-state index contributed by atoms with van der Waals surface area (Å²) in [7, 11) is -0.860. The predicted molar refractivity (Wildman–Crippen MR) is 177 cm³/mol. The number of carbonyl (C=O) groups is 2. The minimum Gasteiger partial charge on any atom is -0.490 e. The molecule has 2 heterocycles. The van der Waals surface area contributed by atoms with E-state index in [9.17, 15) is 18.0 Å². The molecule has 2 bridgehead atoms. The Bertz CT molecular complexity index is 1660. The summed E-state index contributed by atoms with van der Waals surface area (Å²) in [5.41, 5.74) is 1.56. The Kier molecular flexibility index (Phi) is 8.80. The molecule has 2 N–H and O–H groups in total. The van der Waals surface area contributed by atoms with Gasteiger partial charge in [0.1, 0.15) is 11.9 Å². The second kappa shape index (κ2) is 12.4. The molecule has 1 fully saturated rings. The Balaban J connectivity index is 1.44. The number of benzene rings is 2. The number of halogens is 1. The number of ether oxygens (including phenoxy) is 2. The molecule has 6 rings (SSSR count). The van der Waals surface area contributed by atoms with Crippen LogP contribution >= 0.6 is 11.6 Å². The summed E-state index contributed by atoms with van der Waals surface area (Å²) in [5.74, 6) is 0.162. The van der Waals surface area contributed by atoms with Crippen molar-refractivity contribution in [2.24, 2.45) is 11.8 Å². The Hall–Kier alpha value is -3.28. The quantitative estimate of drug-likeness (QED) is 0.422. The molecule has 1 spiro atoms. The van der Waals surface area contributed by atoms with Gasteiger partial charge in [-0.25, -0.2) is 17.9 Å². The lowest BCUT2D eigenvalue weighted by Crippen LogP contribution is -2.54. The molecule has 0 saturated heterocycles. The van der Waals surface area contributed by atoms with E-state index in [-0.39, 0.29) is 28.7 Å². The number of hydrogen-bond donors (Lipinski definition) is 2. The lowest BCUT2D eigenvalue weighted by atomic mass is 9.68. The maximum Gasteiger partial charge on any atom is 0.409 e. The third-order valence-corrected chi connectivity index (χ3v) is 11.6. The summed E-state index contributed by atoms with van der Waals surface area (Å²) in [6, 6.07) is 10.9. The average molecular weight is 671 g/mol. The maximum absolute atomic E-state index is 13.6. The number of nitrogens with zero attached hydrogens (tertiary/aromatic N) is 2. The van der Waals surface area contributed by atoms with E-state index in [2.05, 4.69) is 21.0 Å². The molecule has 2 aliphatic heterocycles. The SMILES string of the molecule is CN(C)C(=O)O[C@H]1C=CCNC(C)(C)C(=O)NS(=O)(=O)c2ccc3c(c2)N(C[C@@H]2CC[C@H]21)C[C@@]1(CCCc2cc(Cl)ccc21)CO3. The van der Waals surface area contributed by atoms with Gasteiger partial charge in [0.15, 0.2) is 0 Å². The number of fused-ring (bicyclic) bond motifs is 4. The van der Waals surface area contributed by atoms with Gasteiger partial charge in [0.2, 0.25) is 0 Å². The van der Waals surface area contributed by atoms with E-state index in [1.807, 2.05) is 24.3 Å². The molecule has 2 aromatic carbocycles. The molecule has 1 saturated carbocycles. The molecule has 0 unspecified atom stereocenters. The van der Waals surface area contributed by atoms with E-state index in [1.165, 1.54) is 22.1 Å². The third-order valence-electron chi connectivity index (χ3n) is 10.1. The first-order valence-electron chi connectivity index (χ1n) is 16.0. The number of hydrogen-bond acceptors (Lipinski definition) is 8. The standard InChI is InChI=1S/C34H43ClN4O6S/c1-33(2)31(40)37-46(42,43)25-11-14-30-28(18-25)39(20-34(21-44-30)15-5-7-22-17-24(35)10-13-27(22)34)19-23-9-12-26(23)29(8-6-16-36-33)45-32(41)38(3)4/h6,8,10-11,13-14,17-18,23,26,29,36H,5,7,9,12,15-16,19-21H2,1-4H3,(H,37,40)/t23-,26+,29-,34-/m0/s1. The normalized spacial score (nSPS) is 28.4. The van der Waals surface area contributed by atoms with Crippen LogP contribution in [0.3, 0.4) is 0 Å². The molecule has 4 aliphatic rings. The van der Waals surface area contributed by atoms with Crippen LogP contribution in [0.4, 0.5) is 10.5 Å². The summed E-state index contributed by atoms with van der Waals surface area (Å²) in [5, 5.41) is 3.82. The minimum absolute atomic E-state index is 0.00860. The predicted octanol–water partition coefficient (Wildman–Crippen LogP) is 4.65. The fourth-order valence-electron chi connectivity index (χ4n) is 7.19. The van der Waals surface area contributed by atoms with Gasteiger partial charge >= 0.3 is 6.09 Å². The van der Waals surface area contributed by atoms with Gasteiger partial charge in [-0.05, 0) is 99.4 Å². The Morgan fingerprint density at radius 1 is 1.15 bits per heavy atom. The molecule has 248 valence electrons. The number of rotatable bonds is 1. The number of carbonyl (C=O) groups excluding carboxylic acids is 2. The van der Waals surface area contributed by atoms with E-state index in [0.717, 1.165) is 32.1 Å². The molecule has 0 aromatic heterocycles. The molecular weight excluding hydrogens is 628 g/mol. The first kappa shape index (κ1) is 32.7. The fraction of sp³-hybridized carbons (Fsp3) is 0.529. The van der Waals surface area contributed by atoms with Gasteiger partial charge in [-0.2, -0.15) is 0 Å². The Labute approximate surface area is 276 Å². The largest absolute Gasteiger partial charge is 0.490 e. The monoisotopic (exact) mass is 670 g/mol. The highest BCUT2D eigenvalue weighted by Crippen LogP contribution is 2.47. The van der Waals surface area contributed by atoms with E-state index >= 15 is 0 Å². The van der Waals surface area contributed by atoms with Crippen molar-refractivity contribution in [1.82, 2.24) is 14.9 Å². The fourth-order valence-corrected chi connectivity index (χ4v) is 8.52. The first-order valence-corrected chi connectivity index (χ1v) is 17.8. The number of amides is 2. The molecule has 46 heavy (non-hydrogen) atoms. The van der Waals surface area contributed by atoms with Crippen molar-refractivity contribution in [3.63, 3.8) is 0 Å². The molecule has 2 aliphatic carbocycles. The number of aryl methyl sites for hydroxylation is 1. The van der Waals surface area contributed by atoms with E-state index in [0.29, 0.717) is 36.2 Å². The van der Waals surface area contributed by atoms with Crippen LogP contribution in [-0.4, -0.2) is 77.3 Å². The zero-order chi connectivity index (χ0) is 32.9. The van der Waals surface area contributed by atoms with Gasteiger partial charge in [0.05, 0.1) is 22.7 Å². The van der Waals surface area contributed by atoms with Gasteiger partial charge in [-0.1, -0.05) is 23.7 Å². The van der Waals surface area contributed by atoms with E-state index in [4.69, 9.17) is 21.1 Å². The minimum atomic E-state index is -4.19. The summed E-state index contributed by atoms with van der Waals surface area (Å²) in [6.45, 7) is 5.21. The summed E-state index contributed by atoms with van der Waals surface area (Å²) in [4.78, 5) is 29.6. The van der Waals surface area contributed by atoms with Crippen LogP contribution in [0.15, 0.2) is 53.4 Å². The second-order valence-electron chi connectivity index (χ2n) is 13.8. The molecule has 0 radical (unpaired) electrons. The zero-order valence-corrected chi connectivity index (χ0v) is 28.4. The highest BCUT2D eigenvalue weighted by molar-refractivity contribution is 7.90. The molecule has 4 atom stereocenters. The summed E-state index contributed by atoms with van der Waals surface area (Å²) >= 11 is 6.41. The van der Waals surface area contributed by atoms with Crippen LogP contribution in [0.5, 0.6) is 5.75 Å². The van der Waals surface area contributed by atoms with Crippen molar-refractivity contribution < 1.29 is 27.5 Å². The molecule has 2 aromatic rings. The van der Waals surface area contributed by atoms with Crippen molar-refractivity contribution in [3.8, 4) is 5.75 Å². The van der Waals surface area contributed by atoms with Crippen LogP contribution in [0, 0.1) is 11.8 Å². The van der Waals surface area contributed by atoms with Crippen LogP contribution in [0.1, 0.15) is 50.7 Å². The van der Waals surface area contributed by atoms with Crippen LogP contribution in [-0.2, 0) is 31.4 Å². The van der Waals surface area contributed by atoms with Gasteiger partial charge in [-0.15, -0.1) is 0 Å². The topological polar surface area (TPSA) is 117 Å². The Morgan fingerprint density at radius 3 is 2.70 bits per heavy atom. The lowest BCUT2D eigenvalue weighted by molar-refractivity contribution is -0.124. The van der Waals surface area contributed by atoms with Gasteiger partial charge in [0, 0.05) is 50.1 Å². The number of nitrogens with one attached hydrogen (secondary N) is 2. The van der Waals surface area contributed by atoms with Crippen molar-refractivity contribution in [2.45, 2.75) is 67.9 Å². The van der Waals surface area contributed by atoms with E-state index < -0.39 is 33.7 Å². The molecular formula is C34H43ClN4O6S. The van der Waals surface area contributed by atoms with Crippen molar-refractivity contribution >= 4 is 39.3 Å². The van der Waals surface area contributed by atoms with Gasteiger partial charge in [0.25, 0.3) is 15.9 Å². The highest BCUT2D eigenvalue weighted by Gasteiger charge is 2.45. The zero-order valence-electron chi connectivity index (χ0n) is 26.8. The van der Waals surface area contributed by atoms with Crippen LogP contribution in [0.25, 0.3) is 0 Å². The highest BCUT2D eigenvalue weighted by atomic mass is 35.5. The first-order chi connectivity index (χ1) is 21.8. The summed E-state index contributed by atoms with van der Waals surface area (Å²) in [6.07, 6.45) is 7.53. The summed E-state index contributed by atoms with van der Waals surface area (Å²) < 4.78 is 42.0. The van der Waals surface area contributed by atoms with Crippen LogP contribution in [0.2, 0.25) is 5.02 Å². The van der Waals surface area contributed by atoms with Crippen LogP contribution < -0.4 is 19.7 Å². The lowest BCUT2D eigenvalue weighted by Gasteiger charge is -2.46. The van der Waals surface area contributed by atoms with Crippen molar-refractivity contribution in [3.05, 3.63) is 64.7 Å².